The van der Waals surface area contributed by atoms with Crippen molar-refractivity contribution in [1.82, 2.24) is 10.7 Å². The Morgan fingerprint density at radius 1 is 1.10 bits per heavy atom. The van der Waals surface area contributed by atoms with E-state index in [1.54, 1.807) is 38.1 Å². The number of carboxylic acids is 1. The summed E-state index contributed by atoms with van der Waals surface area (Å²) >= 11 is 11.8. The average molecular weight is 466 g/mol. The lowest BCUT2D eigenvalue weighted by atomic mass is 10.0. The minimum Gasteiger partial charge on any atom is -0.482 e. The van der Waals surface area contributed by atoms with Crippen molar-refractivity contribution in [1.29, 1.82) is 0 Å². The summed E-state index contributed by atoms with van der Waals surface area (Å²) in [5.74, 6) is -1.82. The molecule has 0 saturated carbocycles. The Morgan fingerprint density at radius 3 is 2.35 bits per heavy atom. The molecule has 0 saturated heterocycles. The molecule has 164 valence electrons. The molecule has 0 aliphatic carbocycles. The smallest absolute Gasteiger partial charge is 0.341 e. The first kappa shape index (κ1) is 24.2. The largest absolute Gasteiger partial charge is 0.482 e. The van der Waals surface area contributed by atoms with Crippen molar-refractivity contribution in [2.75, 3.05) is 6.61 Å². The molecule has 10 heteroatoms. The van der Waals surface area contributed by atoms with E-state index in [0.29, 0.717) is 16.3 Å². The van der Waals surface area contributed by atoms with E-state index in [0.717, 1.165) is 0 Å². The highest BCUT2D eigenvalue weighted by atomic mass is 35.5. The molecule has 0 radical (unpaired) electrons. The lowest BCUT2D eigenvalue weighted by molar-refractivity contribution is -0.139. The topological polar surface area (TPSA) is 117 Å². The highest BCUT2D eigenvalue weighted by molar-refractivity contribution is 6.42. The minimum atomic E-state index is -1.07. The standard InChI is InChI=1S/C21H21Cl2N3O5/c1-12(2)19(25-20(29)14-5-8-16(22)17(23)9-14)21(30)26-24-10-13-3-6-15(7-4-13)31-11-18(27)28/h3-10,12,19H,11H2,1-2H3,(H,25,29)(H,26,30)(H,27,28)/b24-10+. The van der Waals surface area contributed by atoms with E-state index in [1.807, 2.05) is 0 Å². The van der Waals surface area contributed by atoms with E-state index in [1.165, 1.54) is 24.4 Å². The highest BCUT2D eigenvalue weighted by Gasteiger charge is 2.24. The molecule has 0 fully saturated rings. The minimum absolute atomic E-state index is 0.201. The van der Waals surface area contributed by atoms with E-state index < -0.39 is 30.4 Å². The fraction of sp³-hybridized carbons (Fsp3) is 0.238. The molecule has 0 aliphatic rings. The fourth-order valence-electron chi connectivity index (χ4n) is 2.43. The van der Waals surface area contributed by atoms with Gasteiger partial charge in [-0.05, 0) is 53.9 Å². The van der Waals surface area contributed by atoms with Crippen LogP contribution in [0.4, 0.5) is 0 Å². The monoisotopic (exact) mass is 465 g/mol. The van der Waals surface area contributed by atoms with Crippen LogP contribution < -0.4 is 15.5 Å². The van der Waals surface area contributed by atoms with Crippen molar-refractivity contribution in [2.24, 2.45) is 11.0 Å². The van der Waals surface area contributed by atoms with Crippen LogP contribution in [0.1, 0.15) is 29.8 Å². The lowest BCUT2D eigenvalue weighted by Gasteiger charge is -2.20. The number of amides is 2. The molecule has 0 spiro atoms. The number of carboxylic acid groups (broad SMARTS) is 1. The number of aliphatic carboxylic acids is 1. The van der Waals surface area contributed by atoms with Gasteiger partial charge in [0.1, 0.15) is 11.8 Å². The predicted octanol–water partition coefficient (Wildman–Crippen LogP) is 3.36. The lowest BCUT2D eigenvalue weighted by Crippen LogP contribution is -2.48. The van der Waals surface area contributed by atoms with Gasteiger partial charge in [-0.15, -0.1) is 0 Å². The summed E-state index contributed by atoms with van der Waals surface area (Å²) in [6, 6.07) is 10.1. The molecule has 31 heavy (non-hydrogen) atoms. The van der Waals surface area contributed by atoms with Crippen molar-refractivity contribution in [3.05, 3.63) is 63.6 Å². The number of nitrogens with one attached hydrogen (secondary N) is 2. The average Bonchev–Trinajstić information content (AvgIpc) is 2.72. The van der Waals surface area contributed by atoms with Crippen molar-refractivity contribution < 1.29 is 24.2 Å². The Labute approximate surface area is 189 Å². The number of carbonyl (C=O) groups is 3. The van der Waals surface area contributed by atoms with Crippen molar-refractivity contribution in [2.45, 2.75) is 19.9 Å². The Kier molecular flexibility index (Phi) is 8.84. The van der Waals surface area contributed by atoms with Crippen LogP contribution in [0.3, 0.4) is 0 Å². The number of ether oxygens (including phenoxy) is 1. The maximum atomic E-state index is 12.5. The van der Waals surface area contributed by atoms with Gasteiger partial charge in [-0.1, -0.05) is 37.0 Å². The third-order valence-corrected chi connectivity index (χ3v) is 4.79. The van der Waals surface area contributed by atoms with Gasteiger partial charge in [-0.3, -0.25) is 9.59 Å². The third kappa shape index (κ3) is 7.58. The maximum absolute atomic E-state index is 12.5. The van der Waals surface area contributed by atoms with Gasteiger partial charge in [-0.2, -0.15) is 5.10 Å². The van der Waals surface area contributed by atoms with E-state index in [4.69, 9.17) is 33.0 Å². The molecule has 2 aromatic rings. The molecule has 3 N–H and O–H groups in total. The van der Waals surface area contributed by atoms with Gasteiger partial charge in [0.2, 0.25) is 0 Å². The zero-order valence-corrected chi connectivity index (χ0v) is 18.3. The number of halogens is 2. The van der Waals surface area contributed by atoms with Crippen LogP contribution >= 0.6 is 23.2 Å². The van der Waals surface area contributed by atoms with Crippen LogP contribution in [0, 0.1) is 5.92 Å². The molecular weight excluding hydrogens is 445 g/mol. The van der Waals surface area contributed by atoms with E-state index in [-0.39, 0.29) is 16.5 Å². The van der Waals surface area contributed by atoms with Crippen LogP contribution in [-0.2, 0) is 9.59 Å². The molecule has 8 nitrogen and oxygen atoms in total. The van der Waals surface area contributed by atoms with Crippen LogP contribution in [0.2, 0.25) is 10.0 Å². The summed E-state index contributed by atoms with van der Waals surface area (Å²) in [5, 5.41) is 15.7. The van der Waals surface area contributed by atoms with E-state index >= 15 is 0 Å². The molecule has 2 aromatic carbocycles. The zero-order chi connectivity index (χ0) is 23.0. The summed E-state index contributed by atoms with van der Waals surface area (Å²) in [6.45, 7) is 3.14. The predicted molar refractivity (Wildman–Crippen MR) is 118 cm³/mol. The fourth-order valence-corrected chi connectivity index (χ4v) is 2.73. The van der Waals surface area contributed by atoms with Crippen LogP contribution in [0.25, 0.3) is 0 Å². The van der Waals surface area contributed by atoms with Crippen molar-refractivity contribution in [3.63, 3.8) is 0 Å². The van der Waals surface area contributed by atoms with Crippen molar-refractivity contribution >= 4 is 47.2 Å². The summed E-state index contributed by atoms with van der Waals surface area (Å²) in [7, 11) is 0. The number of carbonyl (C=O) groups excluding carboxylic acids is 2. The molecule has 0 bridgehead atoms. The van der Waals surface area contributed by atoms with Gasteiger partial charge in [0.25, 0.3) is 11.8 Å². The number of nitrogens with zero attached hydrogens (tertiary/aromatic N) is 1. The SMILES string of the molecule is CC(C)C(NC(=O)c1ccc(Cl)c(Cl)c1)C(=O)N/N=C/c1ccc(OCC(=O)O)cc1. The molecule has 0 aliphatic heterocycles. The number of benzene rings is 2. The summed E-state index contributed by atoms with van der Waals surface area (Å²) in [5.41, 5.74) is 3.34. The van der Waals surface area contributed by atoms with Crippen LogP contribution in [0.15, 0.2) is 47.6 Å². The van der Waals surface area contributed by atoms with Crippen molar-refractivity contribution in [3.8, 4) is 5.75 Å². The van der Waals surface area contributed by atoms with Gasteiger partial charge in [0.05, 0.1) is 16.3 Å². The zero-order valence-electron chi connectivity index (χ0n) is 16.8. The first-order chi connectivity index (χ1) is 14.7. The summed E-state index contributed by atoms with van der Waals surface area (Å²) in [6.07, 6.45) is 1.41. The molecule has 1 atom stereocenters. The van der Waals surface area contributed by atoms with Gasteiger partial charge < -0.3 is 15.2 Å². The van der Waals surface area contributed by atoms with Crippen LogP contribution in [0.5, 0.6) is 5.75 Å². The van der Waals surface area contributed by atoms with Gasteiger partial charge in [-0.25, -0.2) is 10.2 Å². The number of rotatable bonds is 9. The molecule has 0 aromatic heterocycles. The second-order valence-electron chi connectivity index (χ2n) is 6.81. The molecule has 2 amide bonds. The second-order valence-corrected chi connectivity index (χ2v) is 7.62. The Balaban J connectivity index is 1.96. The summed E-state index contributed by atoms with van der Waals surface area (Å²) in [4.78, 5) is 35.5. The summed E-state index contributed by atoms with van der Waals surface area (Å²) < 4.78 is 5.04. The number of hydrogen-bond acceptors (Lipinski definition) is 5. The molecule has 2 rings (SSSR count). The Hall–Kier alpha value is -3.10. The number of hydrogen-bond donors (Lipinski definition) is 3. The first-order valence-corrected chi connectivity index (χ1v) is 9.96. The van der Waals surface area contributed by atoms with E-state index in [2.05, 4.69) is 15.8 Å². The first-order valence-electron chi connectivity index (χ1n) is 9.21. The Morgan fingerprint density at radius 2 is 1.77 bits per heavy atom. The quantitative estimate of drug-likeness (QED) is 0.387. The number of hydrazone groups is 1. The van der Waals surface area contributed by atoms with Gasteiger partial charge in [0.15, 0.2) is 6.61 Å². The van der Waals surface area contributed by atoms with E-state index in [9.17, 15) is 14.4 Å². The second kappa shape index (κ2) is 11.3. The highest BCUT2D eigenvalue weighted by Crippen LogP contribution is 2.22. The van der Waals surface area contributed by atoms with Gasteiger partial charge in [0, 0.05) is 5.56 Å². The van der Waals surface area contributed by atoms with Gasteiger partial charge >= 0.3 is 5.97 Å². The Bertz CT molecular complexity index is 977. The normalized spacial score (nSPS) is 11.9. The van der Waals surface area contributed by atoms with Crippen LogP contribution in [-0.4, -0.2) is 41.8 Å². The molecular formula is C21H21Cl2N3O5. The third-order valence-electron chi connectivity index (χ3n) is 4.05. The molecule has 1 unspecified atom stereocenters. The maximum Gasteiger partial charge on any atom is 0.341 e. The molecule has 0 heterocycles.